The number of allylic oxidation sites excluding steroid dienone is 2. The molecule has 4 atom stereocenters. The number of carbonyl (C=O) groups excluding carboxylic acids is 2. The third-order valence-electron chi connectivity index (χ3n) is 6.74. The molecule has 0 radical (unpaired) electrons. The minimum absolute atomic E-state index is 0. The summed E-state index contributed by atoms with van der Waals surface area (Å²) >= 11 is 0. The summed E-state index contributed by atoms with van der Waals surface area (Å²) < 4.78 is 0. The summed E-state index contributed by atoms with van der Waals surface area (Å²) in [5.41, 5.74) is 1.19. The van der Waals surface area contributed by atoms with Crippen LogP contribution >= 0.6 is 24.0 Å². The maximum atomic E-state index is 12.8. The summed E-state index contributed by atoms with van der Waals surface area (Å²) in [5.74, 6) is 0.912. The summed E-state index contributed by atoms with van der Waals surface area (Å²) in [6.07, 6.45) is 5.21. The first-order valence-electron chi connectivity index (χ1n) is 10.6. The average molecular weight is 530 g/mol. The van der Waals surface area contributed by atoms with Gasteiger partial charge in [0, 0.05) is 26.7 Å². The molecule has 6 nitrogen and oxygen atoms in total. The number of fused-ring (bicyclic) bond motifs is 6. The van der Waals surface area contributed by atoms with E-state index in [-0.39, 0.29) is 59.5 Å². The number of nitrogens with one attached hydrogen (secondary N) is 2. The van der Waals surface area contributed by atoms with E-state index >= 15 is 0 Å². The highest BCUT2D eigenvalue weighted by Gasteiger charge is 2.58. The molecule has 31 heavy (non-hydrogen) atoms. The first kappa shape index (κ1) is 21.8. The van der Waals surface area contributed by atoms with E-state index in [1.54, 1.807) is 7.05 Å². The van der Waals surface area contributed by atoms with Crippen LogP contribution in [-0.2, 0) is 16.1 Å². The lowest BCUT2D eigenvalue weighted by molar-refractivity contribution is -0.140. The van der Waals surface area contributed by atoms with Gasteiger partial charge in [-0.15, -0.1) is 24.0 Å². The molecule has 1 saturated carbocycles. The highest BCUT2D eigenvalue weighted by atomic mass is 127. The van der Waals surface area contributed by atoms with Gasteiger partial charge in [-0.05, 0) is 34.6 Å². The van der Waals surface area contributed by atoms with Crippen molar-refractivity contribution in [1.82, 2.24) is 15.5 Å². The standard InChI is InChI=1S/C24H26N4O2.HI/c1-25-24(27-14-18-7-4-6-15-5-2-3-8-19(15)18)26-11-12-28-22(29)20-16-9-10-17(13-16)21(20)23(28)30;/h2-10,16-17,20-21H,11-14H2,1H3,(H2,25,26,27);1H. The van der Waals surface area contributed by atoms with Crippen molar-refractivity contribution in [2.24, 2.45) is 28.7 Å². The van der Waals surface area contributed by atoms with Gasteiger partial charge in [-0.2, -0.15) is 0 Å². The molecular formula is C24H27IN4O2. The third kappa shape index (κ3) is 3.84. The van der Waals surface area contributed by atoms with Crippen LogP contribution in [-0.4, -0.2) is 42.8 Å². The molecular weight excluding hydrogens is 503 g/mol. The Labute approximate surface area is 199 Å². The van der Waals surface area contributed by atoms with E-state index in [1.165, 1.54) is 21.2 Å². The van der Waals surface area contributed by atoms with Crippen LogP contribution < -0.4 is 10.6 Å². The molecule has 3 aliphatic rings. The van der Waals surface area contributed by atoms with Gasteiger partial charge in [0.1, 0.15) is 0 Å². The Kier molecular flexibility index (Phi) is 6.31. The van der Waals surface area contributed by atoms with Gasteiger partial charge in [0.25, 0.3) is 0 Å². The van der Waals surface area contributed by atoms with Crippen molar-refractivity contribution < 1.29 is 9.59 Å². The second kappa shape index (κ2) is 8.98. The van der Waals surface area contributed by atoms with Gasteiger partial charge in [0.15, 0.2) is 5.96 Å². The first-order chi connectivity index (χ1) is 14.7. The Balaban J connectivity index is 0.00000231. The number of hydrogen-bond acceptors (Lipinski definition) is 3. The van der Waals surface area contributed by atoms with Gasteiger partial charge in [-0.3, -0.25) is 19.5 Å². The molecule has 162 valence electrons. The largest absolute Gasteiger partial charge is 0.355 e. The van der Waals surface area contributed by atoms with Crippen molar-refractivity contribution in [1.29, 1.82) is 0 Å². The second-order valence-corrected chi connectivity index (χ2v) is 8.32. The highest BCUT2D eigenvalue weighted by molar-refractivity contribution is 14.0. The lowest BCUT2D eigenvalue weighted by Crippen LogP contribution is -2.43. The lowest BCUT2D eigenvalue weighted by Gasteiger charge is -2.19. The average Bonchev–Trinajstić information content (AvgIpc) is 3.45. The summed E-state index contributed by atoms with van der Waals surface area (Å²) in [7, 11) is 1.72. The monoisotopic (exact) mass is 530 g/mol. The number of imide groups is 1. The van der Waals surface area contributed by atoms with E-state index < -0.39 is 0 Å². The molecule has 1 saturated heterocycles. The molecule has 2 N–H and O–H groups in total. The Morgan fingerprint density at radius 2 is 1.68 bits per heavy atom. The Morgan fingerprint density at radius 3 is 2.39 bits per heavy atom. The van der Waals surface area contributed by atoms with E-state index in [0.29, 0.717) is 25.6 Å². The minimum atomic E-state index is -0.128. The molecule has 2 bridgehead atoms. The van der Waals surface area contributed by atoms with Gasteiger partial charge in [-0.1, -0.05) is 54.6 Å². The number of benzene rings is 2. The number of nitrogens with zero attached hydrogens (tertiary/aromatic N) is 2. The molecule has 2 aromatic carbocycles. The van der Waals surface area contributed by atoms with Gasteiger partial charge >= 0.3 is 0 Å². The third-order valence-corrected chi connectivity index (χ3v) is 6.74. The number of halogens is 1. The maximum absolute atomic E-state index is 12.8. The Hall–Kier alpha value is -2.42. The van der Waals surface area contributed by atoms with E-state index in [2.05, 4.69) is 58.1 Å². The van der Waals surface area contributed by atoms with Gasteiger partial charge in [0.2, 0.25) is 11.8 Å². The zero-order valence-electron chi connectivity index (χ0n) is 17.5. The minimum Gasteiger partial charge on any atom is -0.355 e. The van der Waals surface area contributed by atoms with Crippen LogP contribution in [0.4, 0.5) is 0 Å². The van der Waals surface area contributed by atoms with Crippen molar-refractivity contribution in [2.75, 3.05) is 20.1 Å². The molecule has 0 aromatic heterocycles. The van der Waals surface area contributed by atoms with E-state index in [0.717, 1.165) is 6.42 Å². The number of guanidine groups is 1. The zero-order chi connectivity index (χ0) is 20.7. The molecule has 5 rings (SSSR count). The molecule has 2 aromatic rings. The number of amides is 2. The van der Waals surface area contributed by atoms with Gasteiger partial charge in [-0.25, -0.2) is 0 Å². The topological polar surface area (TPSA) is 73.8 Å². The first-order valence-corrected chi connectivity index (χ1v) is 10.6. The fourth-order valence-corrected chi connectivity index (χ4v) is 5.32. The number of likely N-dealkylation sites (tertiary alicyclic amines) is 1. The number of carbonyl (C=O) groups is 2. The quantitative estimate of drug-likeness (QED) is 0.205. The van der Waals surface area contributed by atoms with Crippen LogP contribution in [0, 0.1) is 23.7 Å². The molecule has 0 spiro atoms. The molecule has 4 unspecified atom stereocenters. The van der Waals surface area contributed by atoms with Crippen LogP contribution in [0.15, 0.2) is 59.6 Å². The van der Waals surface area contributed by atoms with Gasteiger partial charge in [0.05, 0.1) is 11.8 Å². The predicted molar refractivity (Wildman–Crippen MR) is 132 cm³/mol. The predicted octanol–water partition coefficient (Wildman–Crippen LogP) is 2.93. The summed E-state index contributed by atoms with van der Waals surface area (Å²) in [6.45, 7) is 1.50. The van der Waals surface area contributed by atoms with Gasteiger partial charge < -0.3 is 10.6 Å². The molecule has 2 aliphatic carbocycles. The van der Waals surface area contributed by atoms with Crippen molar-refractivity contribution in [3.8, 4) is 0 Å². The van der Waals surface area contributed by atoms with Crippen LogP contribution in [0.3, 0.4) is 0 Å². The fourth-order valence-electron chi connectivity index (χ4n) is 5.32. The van der Waals surface area contributed by atoms with Crippen molar-refractivity contribution in [3.63, 3.8) is 0 Å². The van der Waals surface area contributed by atoms with Crippen molar-refractivity contribution in [2.45, 2.75) is 13.0 Å². The zero-order valence-corrected chi connectivity index (χ0v) is 19.8. The summed E-state index contributed by atoms with van der Waals surface area (Å²) in [4.78, 5) is 31.3. The number of aliphatic imine (C=N–C) groups is 1. The molecule has 7 heteroatoms. The number of rotatable bonds is 5. The molecule has 1 aliphatic heterocycles. The van der Waals surface area contributed by atoms with Crippen LogP contribution in [0.1, 0.15) is 12.0 Å². The number of hydrogen-bond donors (Lipinski definition) is 2. The van der Waals surface area contributed by atoms with Crippen LogP contribution in [0.2, 0.25) is 0 Å². The smallest absolute Gasteiger partial charge is 0.233 e. The summed E-state index contributed by atoms with van der Waals surface area (Å²) in [5, 5.41) is 8.99. The summed E-state index contributed by atoms with van der Waals surface area (Å²) in [6, 6.07) is 14.6. The molecule has 2 amide bonds. The normalized spacial score (nSPS) is 26.4. The van der Waals surface area contributed by atoms with E-state index in [9.17, 15) is 9.59 Å². The van der Waals surface area contributed by atoms with Crippen LogP contribution in [0.5, 0.6) is 0 Å². The SMILES string of the molecule is CN=C(NCCN1C(=O)C2C3C=CC(C3)C2C1=O)NCc1cccc2ccccc12.I. The molecule has 1 heterocycles. The highest BCUT2D eigenvalue weighted by Crippen LogP contribution is 2.52. The van der Waals surface area contributed by atoms with E-state index in [4.69, 9.17) is 0 Å². The van der Waals surface area contributed by atoms with Crippen molar-refractivity contribution in [3.05, 3.63) is 60.2 Å². The maximum Gasteiger partial charge on any atom is 0.233 e. The van der Waals surface area contributed by atoms with E-state index in [1.807, 2.05) is 12.1 Å². The Bertz CT molecular complexity index is 1030. The molecule has 2 fully saturated rings. The van der Waals surface area contributed by atoms with Crippen molar-refractivity contribution >= 4 is 52.5 Å². The second-order valence-electron chi connectivity index (χ2n) is 8.32. The van der Waals surface area contributed by atoms with Crippen LogP contribution in [0.25, 0.3) is 10.8 Å². The Morgan fingerprint density at radius 1 is 1.00 bits per heavy atom. The lowest BCUT2D eigenvalue weighted by atomic mass is 9.85. The fraction of sp³-hybridized carbons (Fsp3) is 0.375.